The van der Waals surface area contributed by atoms with Crippen LogP contribution in [0.5, 0.6) is 0 Å². The van der Waals surface area contributed by atoms with E-state index in [9.17, 15) is 9.59 Å². The summed E-state index contributed by atoms with van der Waals surface area (Å²) in [6.07, 6.45) is 12.9. The molecule has 0 unspecified atom stereocenters. The van der Waals surface area contributed by atoms with Crippen LogP contribution in [0.1, 0.15) is 68.2 Å². The molecule has 5 rings (SSSR count). The second kappa shape index (κ2) is 11.8. The summed E-state index contributed by atoms with van der Waals surface area (Å²) in [6, 6.07) is 20.8. The van der Waals surface area contributed by atoms with Crippen molar-refractivity contribution in [2.45, 2.75) is 70.5 Å². The van der Waals surface area contributed by atoms with E-state index in [0.29, 0.717) is 19.4 Å². The molecule has 2 heterocycles. The maximum absolute atomic E-state index is 12.9. The number of amides is 2. The SMILES string of the molecule is CNC(=O)C[C@]1(C[C@@H]2CCC(=O)N2Cc2ccccc2)CCCC(=Cc2cncn2Cc2ccccc2)C1. The first-order chi connectivity index (χ1) is 18.5. The first-order valence-electron chi connectivity index (χ1n) is 13.8. The van der Waals surface area contributed by atoms with Crippen molar-refractivity contribution in [1.29, 1.82) is 0 Å². The van der Waals surface area contributed by atoms with Crippen LogP contribution in [0.4, 0.5) is 0 Å². The monoisotopic (exact) mass is 510 g/mol. The molecule has 6 nitrogen and oxygen atoms in total. The topological polar surface area (TPSA) is 67.2 Å². The van der Waals surface area contributed by atoms with Gasteiger partial charge in [-0.15, -0.1) is 0 Å². The smallest absolute Gasteiger partial charge is 0.223 e. The molecule has 1 saturated heterocycles. The van der Waals surface area contributed by atoms with Crippen LogP contribution in [0.15, 0.2) is 78.8 Å². The van der Waals surface area contributed by atoms with Crippen LogP contribution in [0.3, 0.4) is 0 Å². The molecule has 1 aromatic heterocycles. The summed E-state index contributed by atoms with van der Waals surface area (Å²) in [7, 11) is 1.72. The first kappa shape index (κ1) is 26.0. The molecule has 1 saturated carbocycles. The third kappa shape index (κ3) is 6.24. The molecule has 6 heteroatoms. The van der Waals surface area contributed by atoms with Gasteiger partial charge in [-0.3, -0.25) is 9.59 Å². The summed E-state index contributed by atoms with van der Waals surface area (Å²) in [5.41, 5.74) is 4.71. The number of rotatable bonds is 9. The normalized spacial score (nSPS) is 22.7. The largest absolute Gasteiger partial charge is 0.359 e. The van der Waals surface area contributed by atoms with E-state index in [4.69, 9.17) is 0 Å². The minimum atomic E-state index is -0.154. The fourth-order valence-corrected chi connectivity index (χ4v) is 6.37. The maximum Gasteiger partial charge on any atom is 0.223 e. The highest BCUT2D eigenvalue weighted by Crippen LogP contribution is 2.48. The first-order valence-corrected chi connectivity index (χ1v) is 13.8. The molecule has 38 heavy (non-hydrogen) atoms. The van der Waals surface area contributed by atoms with Crippen LogP contribution in [-0.2, 0) is 22.7 Å². The van der Waals surface area contributed by atoms with Gasteiger partial charge in [-0.05, 0) is 61.1 Å². The molecule has 3 aromatic rings. The van der Waals surface area contributed by atoms with Crippen molar-refractivity contribution in [2.75, 3.05) is 7.05 Å². The van der Waals surface area contributed by atoms with Crippen LogP contribution in [0.2, 0.25) is 0 Å². The summed E-state index contributed by atoms with van der Waals surface area (Å²) in [6.45, 7) is 1.42. The van der Waals surface area contributed by atoms with E-state index in [1.54, 1.807) is 7.05 Å². The number of hydrogen-bond donors (Lipinski definition) is 1. The number of carbonyl (C=O) groups is 2. The van der Waals surface area contributed by atoms with Crippen molar-refractivity contribution >= 4 is 17.9 Å². The van der Waals surface area contributed by atoms with E-state index in [1.165, 1.54) is 11.1 Å². The van der Waals surface area contributed by atoms with Gasteiger partial charge in [0.2, 0.25) is 11.8 Å². The highest BCUT2D eigenvalue weighted by molar-refractivity contribution is 5.79. The van der Waals surface area contributed by atoms with Gasteiger partial charge in [-0.1, -0.05) is 66.2 Å². The Labute approximate surface area is 225 Å². The Morgan fingerprint density at radius 1 is 1.05 bits per heavy atom. The van der Waals surface area contributed by atoms with Gasteiger partial charge in [-0.2, -0.15) is 0 Å². The minimum Gasteiger partial charge on any atom is -0.359 e. The lowest BCUT2D eigenvalue weighted by Crippen LogP contribution is -2.40. The summed E-state index contributed by atoms with van der Waals surface area (Å²) < 4.78 is 2.19. The minimum absolute atomic E-state index is 0.0827. The predicted molar refractivity (Wildman–Crippen MR) is 150 cm³/mol. The number of carbonyl (C=O) groups excluding carboxylic acids is 2. The Kier molecular flexibility index (Phi) is 8.06. The van der Waals surface area contributed by atoms with Crippen molar-refractivity contribution < 1.29 is 9.59 Å². The Morgan fingerprint density at radius 2 is 1.76 bits per heavy atom. The zero-order chi connectivity index (χ0) is 26.4. The van der Waals surface area contributed by atoms with E-state index < -0.39 is 0 Å². The van der Waals surface area contributed by atoms with E-state index in [-0.39, 0.29) is 23.3 Å². The van der Waals surface area contributed by atoms with Crippen molar-refractivity contribution in [3.8, 4) is 0 Å². The van der Waals surface area contributed by atoms with Crippen LogP contribution in [0.25, 0.3) is 6.08 Å². The third-order valence-electron chi connectivity index (χ3n) is 8.23. The van der Waals surface area contributed by atoms with Crippen molar-refractivity contribution in [1.82, 2.24) is 19.8 Å². The molecule has 0 radical (unpaired) electrons. The average Bonchev–Trinajstić information content (AvgIpc) is 3.51. The van der Waals surface area contributed by atoms with Gasteiger partial charge >= 0.3 is 0 Å². The maximum atomic E-state index is 12.9. The molecule has 2 atom stereocenters. The number of likely N-dealkylation sites (tertiary alicyclic amines) is 1. The number of benzene rings is 2. The number of imidazole rings is 1. The summed E-state index contributed by atoms with van der Waals surface area (Å²) in [4.78, 5) is 32.2. The zero-order valence-electron chi connectivity index (χ0n) is 22.3. The van der Waals surface area contributed by atoms with Crippen LogP contribution in [0, 0.1) is 5.41 Å². The quantitative estimate of drug-likeness (QED) is 0.408. The molecule has 0 bridgehead atoms. The highest BCUT2D eigenvalue weighted by atomic mass is 16.2. The second-order valence-corrected chi connectivity index (χ2v) is 11.0. The molecule has 1 N–H and O–H groups in total. The van der Waals surface area contributed by atoms with Gasteiger partial charge in [0, 0.05) is 39.0 Å². The van der Waals surface area contributed by atoms with Gasteiger partial charge in [0.15, 0.2) is 0 Å². The summed E-state index contributed by atoms with van der Waals surface area (Å²) in [5, 5.41) is 2.87. The van der Waals surface area contributed by atoms with E-state index in [2.05, 4.69) is 62.2 Å². The lowest BCUT2D eigenvalue weighted by Gasteiger charge is -2.41. The van der Waals surface area contributed by atoms with Gasteiger partial charge in [0.1, 0.15) is 0 Å². The Morgan fingerprint density at radius 3 is 2.47 bits per heavy atom. The van der Waals surface area contributed by atoms with Gasteiger partial charge in [-0.25, -0.2) is 4.98 Å². The molecule has 2 amide bonds. The van der Waals surface area contributed by atoms with E-state index in [1.807, 2.05) is 36.8 Å². The standard InChI is InChI=1S/C32H38N4O2/c1-33-30(37)20-32(19-28-14-15-31(38)36(28)23-26-11-6-3-7-12-26)16-8-13-27(18-32)17-29-21-34-24-35(29)22-25-9-4-2-5-10-25/h2-7,9-12,17,21,24,28H,8,13-16,18-20,22-23H2,1H3,(H,33,37)/t28-,32+/m0/s1. The Hall–Kier alpha value is -3.67. The molecule has 1 aliphatic heterocycles. The van der Waals surface area contributed by atoms with E-state index in [0.717, 1.165) is 56.3 Å². The van der Waals surface area contributed by atoms with Crippen LogP contribution < -0.4 is 5.32 Å². The molecular weight excluding hydrogens is 472 g/mol. The van der Waals surface area contributed by atoms with Gasteiger partial charge < -0.3 is 14.8 Å². The number of aromatic nitrogens is 2. The molecular formula is C32H38N4O2. The highest BCUT2D eigenvalue weighted by Gasteiger charge is 2.42. The summed E-state index contributed by atoms with van der Waals surface area (Å²) >= 11 is 0. The number of nitrogens with zero attached hydrogens (tertiary/aromatic N) is 3. The van der Waals surface area contributed by atoms with Gasteiger partial charge in [0.25, 0.3) is 0 Å². The number of nitrogens with one attached hydrogen (secondary N) is 1. The molecule has 2 aromatic carbocycles. The number of hydrogen-bond acceptors (Lipinski definition) is 3. The third-order valence-corrected chi connectivity index (χ3v) is 8.23. The molecule has 2 fully saturated rings. The Bertz CT molecular complexity index is 1270. The van der Waals surface area contributed by atoms with Gasteiger partial charge in [0.05, 0.1) is 18.2 Å². The van der Waals surface area contributed by atoms with Crippen LogP contribution >= 0.6 is 0 Å². The van der Waals surface area contributed by atoms with Crippen molar-refractivity contribution in [2.24, 2.45) is 5.41 Å². The van der Waals surface area contributed by atoms with Crippen molar-refractivity contribution in [3.05, 3.63) is 95.6 Å². The molecule has 2 aliphatic rings. The molecule has 0 spiro atoms. The number of allylic oxidation sites excluding steroid dienone is 1. The predicted octanol–water partition coefficient (Wildman–Crippen LogP) is 5.59. The lowest BCUT2D eigenvalue weighted by atomic mass is 9.66. The van der Waals surface area contributed by atoms with Crippen molar-refractivity contribution in [3.63, 3.8) is 0 Å². The summed E-state index contributed by atoms with van der Waals surface area (Å²) in [5.74, 6) is 0.310. The average molecular weight is 511 g/mol. The molecule has 1 aliphatic carbocycles. The lowest BCUT2D eigenvalue weighted by molar-refractivity contribution is -0.130. The van der Waals surface area contributed by atoms with E-state index >= 15 is 0 Å². The van der Waals surface area contributed by atoms with Crippen LogP contribution in [-0.4, -0.2) is 39.4 Å². The zero-order valence-corrected chi connectivity index (χ0v) is 22.3. The second-order valence-electron chi connectivity index (χ2n) is 11.0. The fourth-order valence-electron chi connectivity index (χ4n) is 6.37. The molecule has 198 valence electrons. The fraction of sp³-hybridized carbons (Fsp3) is 0.406. The Balaban J connectivity index is 1.37.